The van der Waals surface area contributed by atoms with E-state index in [0.29, 0.717) is 16.5 Å². The Hall–Kier alpha value is -2.55. The summed E-state index contributed by atoms with van der Waals surface area (Å²) in [5, 5.41) is 14.6. The van der Waals surface area contributed by atoms with Crippen molar-refractivity contribution in [3.05, 3.63) is 53.7 Å². The second-order valence-corrected chi connectivity index (χ2v) is 10.8. The lowest BCUT2D eigenvalue weighted by atomic mass is 9.97. The van der Waals surface area contributed by atoms with Crippen molar-refractivity contribution in [2.75, 3.05) is 5.32 Å². The molecule has 1 aliphatic heterocycles. The van der Waals surface area contributed by atoms with Gasteiger partial charge in [0.1, 0.15) is 4.75 Å². The van der Waals surface area contributed by atoms with Gasteiger partial charge in [-0.25, -0.2) is 13.4 Å². The Morgan fingerprint density at radius 3 is 2.75 bits per heavy atom. The number of aliphatic hydroxyl groups excluding tert-OH is 1. The van der Waals surface area contributed by atoms with Gasteiger partial charge in [-0.15, -0.1) is 11.3 Å². The minimum Gasteiger partial charge on any atom is -0.387 e. The number of nitrogens with zero attached hydrogens (tertiary/aromatic N) is 2. The van der Waals surface area contributed by atoms with Crippen LogP contribution in [-0.4, -0.2) is 28.2 Å². The van der Waals surface area contributed by atoms with Crippen LogP contribution >= 0.6 is 11.3 Å². The van der Waals surface area contributed by atoms with Gasteiger partial charge in [-0.1, -0.05) is 0 Å². The Labute approximate surface area is 165 Å². The summed E-state index contributed by atoms with van der Waals surface area (Å²) in [6.07, 6.45) is 0.585. The van der Waals surface area contributed by atoms with Crippen molar-refractivity contribution in [1.29, 1.82) is 0 Å². The molecule has 1 unspecified atom stereocenters. The van der Waals surface area contributed by atoms with Gasteiger partial charge in [-0.05, 0) is 50.2 Å². The standard InChI is InChI=1S/C20H17N3O3S2/c1-20(2)19(24)13-8-15-12(9-18(13)28(20,25)26)14(5-6-21-15)23-11-3-4-17-16(7-11)22-10-27-17/h3-10,19,24H,1-2H3,(H,21,23). The van der Waals surface area contributed by atoms with Gasteiger partial charge in [0.15, 0.2) is 9.84 Å². The number of pyridine rings is 1. The molecule has 8 heteroatoms. The number of sulfone groups is 1. The Balaban J connectivity index is 1.67. The second kappa shape index (κ2) is 5.73. The second-order valence-electron chi connectivity index (χ2n) is 7.43. The molecular formula is C20H17N3O3S2. The summed E-state index contributed by atoms with van der Waals surface area (Å²) in [7, 11) is -3.65. The van der Waals surface area contributed by atoms with E-state index in [0.717, 1.165) is 21.6 Å². The molecule has 0 amide bonds. The maximum atomic E-state index is 12.9. The first kappa shape index (κ1) is 17.5. The van der Waals surface area contributed by atoms with Crippen LogP contribution in [-0.2, 0) is 9.84 Å². The molecule has 0 bridgehead atoms. The minimum atomic E-state index is -3.65. The lowest BCUT2D eigenvalue weighted by molar-refractivity contribution is 0.144. The highest BCUT2D eigenvalue weighted by Gasteiger charge is 2.51. The average molecular weight is 412 g/mol. The molecule has 5 rings (SSSR count). The molecule has 1 atom stereocenters. The molecule has 3 heterocycles. The van der Waals surface area contributed by atoms with Crippen LogP contribution in [0.15, 0.2) is 53.0 Å². The van der Waals surface area contributed by atoms with Crippen molar-refractivity contribution in [3.63, 3.8) is 0 Å². The quantitative estimate of drug-likeness (QED) is 0.514. The first-order valence-corrected chi connectivity index (χ1v) is 11.1. The zero-order valence-electron chi connectivity index (χ0n) is 15.2. The summed E-state index contributed by atoms with van der Waals surface area (Å²) >= 11 is 1.58. The molecule has 4 aromatic rings. The number of hydrogen-bond donors (Lipinski definition) is 2. The highest BCUT2D eigenvalue weighted by atomic mass is 32.2. The largest absolute Gasteiger partial charge is 0.387 e. The predicted molar refractivity (Wildman–Crippen MR) is 111 cm³/mol. The van der Waals surface area contributed by atoms with E-state index in [-0.39, 0.29) is 4.90 Å². The number of rotatable bonds is 2. The SMILES string of the molecule is CC1(C)C(O)c2cc3nccc(Nc4ccc5scnc5c4)c3cc2S1(=O)=O. The topological polar surface area (TPSA) is 92.2 Å². The van der Waals surface area contributed by atoms with Gasteiger partial charge in [0.2, 0.25) is 0 Å². The maximum Gasteiger partial charge on any atom is 0.186 e. The molecule has 0 saturated heterocycles. The molecule has 0 saturated carbocycles. The number of benzene rings is 2. The summed E-state index contributed by atoms with van der Waals surface area (Å²) in [4.78, 5) is 8.88. The van der Waals surface area contributed by atoms with E-state index >= 15 is 0 Å². The molecule has 0 aliphatic carbocycles. The molecular weight excluding hydrogens is 394 g/mol. The molecule has 0 radical (unpaired) electrons. The van der Waals surface area contributed by atoms with Gasteiger partial charge in [0, 0.05) is 28.5 Å². The molecule has 2 aromatic carbocycles. The van der Waals surface area contributed by atoms with Gasteiger partial charge in [0.25, 0.3) is 0 Å². The minimum absolute atomic E-state index is 0.170. The van der Waals surface area contributed by atoms with E-state index in [4.69, 9.17) is 0 Å². The Kier molecular flexibility index (Phi) is 3.59. The fourth-order valence-electron chi connectivity index (χ4n) is 3.64. The number of hydrogen-bond acceptors (Lipinski definition) is 7. The van der Waals surface area contributed by atoms with E-state index < -0.39 is 20.7 Å². The van der Waals surface area contributed by atoms with E-state index in [1.165, 1.54) is 0 Å². The first-order chi connectivity index (χ1) is 13.3. The van der Waals surface area contributed by atoms with Gasteiger partial charge < -0.3 is 10.4 Å². The average Bonchev–Trinajstić information content (AvgIpc) is 3.18. The number of thiazole rings is 1. The summed E-state index contributed by atoms with van der Waals surface area (Å²) in [6, 6.07) is 11.0. The Morgan fingerprint density at radius 2 is 1.93 bits per heavy atom. The fraction of sp³-hybridized carbons (Fsp3) is 0.200. The third-order valence-electron chi connectivity index (χ3n) is 5.42. The number of aliphatic hydroxyl groups is 1. The molecule has 142 valence electrons. The van der Waals surface area contributed by atoms with Crippen molar-refractivity contribution in [2.24, 2.45) is 0 Å². The lowest BCUT2D eigenvalue weighted by Crippen LogP contribution is -2.32. The number of aromatic nitrogens is 2. The molecule has 1 aliphatic rings. The Morgan fingerprint density at radius 1 is 1.11 bits per heavy atom. The van der Waals surface area contributed by atoms with Crippen LogP contribution in [0.5, 0.6) is 0 Å². The summed E-state index contributed by atoms with van der Waals surface area (Å²) < 4.78 is 25.7. The van der Waals surface area contributed by atoms with E-state index in [2.05, 4.69) is 15.3 Å². The van der Waals surface area contributed by atoms with Crippen molar-refractivity contribution in [1.82, 2.24) is 9.97 Å². The summed E-state index contributed by atoms with van der Waals surface area (Å²) in [5.74, 6) is 0. The van der Waals surface area contributed by atoms with E-state index in [9.17, 15) is 13.5 Å². The summed E-state index contributed by atoms with van der Waals surface area (Å²) in [6.45, 7) is 3.10. The highest BCUT2D eigenvalue weighted by Crippen LogP contribution is 2.48. The van der Waals surface area contributed by atoms with Crippen molar-refractivity contribution < 1.29 is 13.5 Å². The van der Waals surface area contributed by atoms with E-state index in [1.807, 2.05) is 24.3 Å². The number of fused-ring (bicyclic) bond motifs is 3. The third-order valence-corrected chi connectivity index (χ3v) is 8.77. The van der Waals surface area contributed by atoms with Crippen LogP contribution < -0.4 is 5.32 Å². The molecule has 6 nitrogen and oxygen atoms in total. The van der Waals surface area contributed by atoms with Crippen molar-refractivity contribution in [2.45, 2.75) is 29.6 Å². The zero-order valence-corrected chi connectivity index (χ0v) is 16.8. The summed E-state index contributed by atoms with van der Waals surface area (Å²) in [5.41, 5.74) is 5.35. The third kappa shape index (κ3) is 2.32. The van der Waals surface area contributed by atoms with Gasteiger partial charge in [-0.2, -0.15) is 0 Å². The molecule has 2 N–H and O–H groups in total. The van der Waals surface area contributed by atoms with Gasteiger partial charge >= 0.3 is 0 Å². The van der Waals surface area contributed by atoms with Crippen LogP contribution in [0.25, 0.3) is 21.1 Å². The van der Waals surface area contributed by atoms with Gasteiger partial charge in [0.05, 0.1) is 32.2 Å². The monoisotopic (exact) mass is 411 g/mol. The molecule has 0 spiro atoms. The van der Waals surface area contributed by atoms with Crippen molar-refractivity contribution in [3.8, 4) is 0 Å². The van der Waals surface area contributed by atoms with Crippen LogP contribution in [0.4, 0.5) is 11.4 Å². The molecule has 2 aromatic heterocycles. The number of nitrogens with one attached hydrogen (secondary N) is 1. The van der Waals surface area contributed by atoms with Crippen molar-refractivity contribution >= 4 is 53.7 Å². The molecule has 28 heavy (non-hydrogen) atoms. The first-order valence-electron chi connectivity index (χ1n) is 8.75. The normalized spacial score (nSPS) is 19.8. The Bertz CT molecular complexity index is 1360. The smallest absolute Gasteiger partial charge is 0.186 e. The lowest BCUT2D eigenvalue weighted by Gasteiger charge is -2.20. The number of anilines is 2. The van der Waals surface area contributed by atoms with Gasteiger partial charge in [-0.3, -0.25) is 4.98 Å². The van der Waals surface area contributed by atoms with Crippen LogP contribution in [0.1, 0.15) is 25.5 Å². The van der Waals surface area contributed by atoms with Crippen LogP contribution in [0.3, 0.4) is 0 Å². The maximum absolute atomic E-state index is 12.9. The fourth-order valence-corrected chi connectivity index (χ4v) is 6.04. The molecule has 0 fully saturated rings. The van der Waals surface area contributed by atoms with Crippen LogP contribution in [0.2, 0.25) is 0 Å². The van der Waals surface area contributed by atoms with E-state index in [1.54, 1.807) is 49.0 Å². The highest BCUT2D eigenvalue weighted by molar-refractivity contribution is 7.93. The predicted octanol–water partition coefficient (Wildman–Crippen LogP) is 4.19. The zero-order chi connectivity index (χ0) is 19.7. The van der Waals surface area contributed by atoms with Crippen LogP contribution in [0, 0.1) is 0 Å².